The average molecular weight is 481 g/mol. The Balaban J connectivity index is 1.28. The molecule has 184 valence electrons. The lowest BCUT2D eigenvalue weighted by atomic mass is 10.0. The van der Waals surface area contributed by atoms with E-state index in [0.29, 0.717) is 32.1 Å². The van der Waals surface area contributed by atoms with Gasteiger partial charge in [0.05, 0.1) is 18.3 Å². The lowest BCUT2D eigenvalue weighted by Gasteiger charge is -2.36. The van der Waals surface area contributed by atoms with Crippen molar-refractivity contribution in [1.82, 2.24) is 9.88 Å². The van der Waals surface area contributed by atoms with Gasteiger partial charge in [-0.1, -0.05) is 6.07 Å². The summed E-state index contributed by atoms with van der Waals surface area (Å²) >= 11 is 0. The minimum Gasteiger partial charge on any atom is -0.353 e. The van der Waals surface area contributed by atoms with E-state index in [0.717, 1.165) is 11.4 Å². The number of pyridine rings is 1. The van der Waals surface area contributed by atoms with Crippen LogP contribution < -0.4 is 14.7 Å². The molecule has 1 atom stereocenters. The molecular weight excluding hydrogens is 449 g/mol. The number of aryl methyl sites for hydroxylation is 1. The number of rotatable bonds is 4. The number of nitrogens with zero attached hydrogens (tertiary/aromatic N) is 4. The van der Waals surface area contributed by atoms with Gasteiger partial charge < -0.3 is 9.80 Å². The summed E-state index contributed by atoms with van der Waals surface area (Å²) in [5.74, 6) is 0.227. The predicted molar refractivity (Wildman–Crippen MR) is 129 cm³/mol. The number of hydrogen-bond donors (Lipinski definition) is 1. The second kappa shape index (κ2) is 8.41. The highest BCUT2D eigenvalue weighted by atomic mass is 19.1. The summed E-state index contributed by atoms with van der Waals surface area (Å²) in [7, 11) is 1.48. The van der Waals surface area contributed by atoms with Gasteiger partial charge in [-0.2, -0.15) is 4.90 Å². The molecule has 9 heteroatoms. The van der Waals surface area contributed by atoms with Crippen LogP contribution >= 0.6 is 0 Å². The van der Waals surface area contributed by atoms with Gasteiger partial charge in [0, 0.05) is 32.4 Å². The first-order valence-corrected chi connectivity index (χ1v) is 12.1. The molecule has 0 spiro atoms. The normalized spacial score (nSPS) is 22.2. The first-order chi connectivity index (χ1) is 16.6. The maximum Gasteiger partial charge on any atom is 0.430 e. The number of carbonyl (C=O) groups excluding carboxylic acids is 3. The molecule has 0 radical (unpaired) electrons. The zero-order chi connectivity index (χ0) is 25.1. The maximum atomic E-state index is 15.1. The van der Waals surface area contributed by atoms with E-state index in [1.165, 1.54) is 48.6 Å². The molecule has 5 rings (SSSR count). The van der Waals surface area contributed by atoms with Crippen molar-refractivity contribution in [1.29, 1.82) is 0 Å². The summed E-state index contributed by atoms with van der Waals surface area (Å²) < 4.78 is 15.1. The fraction of sp³-hybridized carbons (Fsp3) is 0.462. The number of aromatic nitrogens is 1. The molecular formula is C26H31FN5O3+. The third-order valence-corrected chi connectivity index (χ3v) is 7.41. The number of carbonyl (C=O) groups is 3. The van der Waals surface area contributed by atoms with Gasteiger partial charge in [-0.05, 0) is 68.9 Å². The Labute approximate surface area is 204 Å². The van der Waals surface area contributed by atoms with Crippen molar-refractivity contribution < 1.29 is 23.7 Å². The lowest BCUT2D eigenvalue weighted by Crippen LogP contribution is -3.13. The molecule has 1 aromatic heterocycles. The van der Waals surface area contributed by atoms with Crippen molar-refractivity contribution in [3.63, 3.8) is 0 Å². The molecule has 4 amide bonds. The Morgan fingerprint density at radius 3 is 2.34 bits per heavy atom. The van der Waals surface area contributed by atoms with Crippen LogP contribution in [0.4, 0.5) is 20.7 Å². The molecule has 2 aliphatic heterocycles. The van der Waals surface area contributed by atoms with Gasteiger partial charge in [-0.3, -0.25) is 4.79 Å². The number of likely N-dealkylation sites (N-methyl/N-ethyl adjacent to an activating group) is 1. The van der Waals surface area contributed by atoms with Crippen LogP contribution in [0.3, 0.4) is 0 Å². The molecule has 3 aliphatic rings. The number of urea groups is 1. The number of amides is 4. The first-order valence-electron chi connectivity index (χ1n) is 12.1. The van der Waals surface area contributed by atoms with E-state index >= 15 is 4.39 Å². The zero-order valence-corrected chi connectivity index (χ0v) is 20.6. The van der Waals surface area contributed by atoms with Crippen molar-refractivity contribution in [3.8, 4) is 0 Å². The van der Waals surface area contributed by atoms with E-state index in [4.69, 9.17) is 0 Å². The minimum atomic E-state index is -1.10. The molecule has 1 unspecified atom stereocenters. The largest absolute Gasteiger partial charge is 0.430 e. The number of piperazine rings is 1. The Kier molecular flexibility index (Phi) is 5.62. The van der Waals surface area contributed by atoms with Crippen LogP contribution in [-0.2, 0) is 4.79 Å². The van der Waals surface area contributed by atoms with Gasteiger partial charge >= 0.3 is 11.9 Å². The molecule has 2 aromatic rings. The van der Waals surface area contributed by atoms with Crippen molar-refractivity contribution >= 4 is 29.4 Å². The maximum absolute atomic E-state index is 15.1. The van der Waals surface area contributed by atoms with Crippen molar-refractivity contribution in [2.75, 3.05) is 43.0 Å². The van der Waals surface area contributed by atoms with Crippen molar-refractivity contribution in [2.24, 2.45) is 0 Å². The van der Waals surface area contributed by atoms with Crippen LogP contribution in [0.5, 0.6) is 0 Å². The summed E-state index contributed by atoms with van der Waals surface area (Å²) in [6, 6.07) is 5.89. The third-order valence-electron chi connectivity index (χ3n) is 7.41. The molecule has 2 saturated heterocycles. The molecule has 3 fully saturated rings. The highest BCUT2D eigenvalue weighted by Crippen LogP contribution is 2.40. The summed E-state index contributed by atoms with van der Waals surface area (Å²) in [5.41, 5.74) is 1.57. The fourth-order valence-electron chi connectivity index (χ4n) is 5.19. The smallest absolute Gasteiger partial charge is 0.353 e. The first kappa shape index (κ1) is 23.4. The quantitative estimate of drug-likeness (QED) is 0.679. The van der Waals surface area contributed by atoms with E-state index in [2.05, 4.69) is 22.9 Å². The number of imide groups is 1. The van der Waals surface area contributed by atoms with E-state index in [9.17, 15) is 14.4 Å². The van der Waals surface area contributed by atoms with E-state index < -0.39 is 17.4 Å². The van der Waals surface area contributed by atoms with Crippen LogP contribution in [0.1, 0.15) is 54.1 Å². The van der Waals surface area contributed by atoms with Crippen LogP contribution in [-0.4, -0.2) is 66.5 Å². The van der Waals surface area contributed by atoms with Gasteiger partial charge in [0.25, 0.3) is 5.91 Å². The molecule has 0 bridgehead atoms. The average Bonchev–Trinajstić information content (AvgIpc) is 3.66. The monoisotopic (exact) mass is 480 g/mol. The van der Waals surface area contributed by atoms with Crippen LogP contribution in [0.25, 0.3) is 0 Å². The van der Waals surface area contributed by atoms with Gasteiger partial charge in [0.15, 0.2) is 5.54 Å². The number of anilines is 2. The molecule has 1 N–H and O–H groups in total. The van der Waals surface area contributed by atoms with E-state index in [1.54, 1.807) is 18.7 Å². The highest BCUT2D eigenvalue weighted by Gasteiger charge is 2.56. The second-order valence-electron chi connectivity index (χ2n) is 10.3. The van der Waals surface area contributed by atoms with Gasteiger partial charge in [0.1, 0.15) is 11.6 Å². The van der Waals surface area contributed by atoms with Crippen molar-refractivity contribution in [3.05, 3.63) is 53.0 Å². The summed E-state index contributed by atoms with van der Waals surface area (Å²) in [4.78, 5) is 48.0. The molecule has 1 saturated carbocycles. The van der Waals surface area contributed by atoms with Crippen LogP contribution in [0.15, 0.2) is 30.5 Å². The Bertz CT molecular complexity index is 1220. The fourth-order valence-corrected chi connectivity index (χ4v) is 5.19. The van der Waals surface area contributed by atoms with Crippen LogP contribution in [0, 0.1) is 12.7 Å². The number of halogens is 1. The molecule has 35 heavy (non-hydrogen) atoms. The van der Waals surface area contributed by atoms with Gasteiger partial charge in [0.2, 0.25) is 0 Å². The van der Waals surface area contributed by atoms with Crippen LogP contribution in [0.2, 0.25) is 0 Å². The Morgan fingerprint density at radius 1 is 1.11 bits per heavy atom. The van der Waals surface area contributed by atoms with Gasteiger partial charge in [-0.15, -0.1) is 0 Å². The molecule has 1 aliphatic carbocycles. The molecule has 1 aromatic carbocycles. The standard InChI is InChI=1S/C26H30FN5O3/c1-16-13-18(17-5-6-17)15-28-22(16)30-9-11-31(12-10-30)23(33)20-8-7-19(14-21(20)27)32-25(35)29(4)24(34)26(32,2)3/h7-8,13-15,17H,5-6,9-12H2,1-4H3/p+1. The zero-order valence-electron chi connectivity index (χ0n) is 20.6. The molecule has 8 nitrogen and oxygen atoms in total. The Hall–Kier alpha value is -3.33. The highest BCUT2D eigenvalue weighted by molar-refractivity contribution is 6.06. The van der Waals surface area contributed by atoms with Gasteiger partial charge in [-0.25, -0.2) is 23.9 Å². The number of quaternary nitrogens is 1. The van der Waals surface area contributed by atoms with Crippen molar-refractivity contribution in [2.45, 2.75) is 45.1 Å². The topological polar surface area (TPSA) is 78.3 Å². The molecule has 3 heterocycles. The third kappa shape index (κ3) is 3.97. The minimum absolute atomic E-state index is 0.0400. The number of benzene rings is 1. The summed E-state index contributed by atoms with van der Waals surface area (Å²) in [5, 5.41) is 0. The number of hydrogen-bond acceptors (Lipinski definition) is 5. The number of nitrogens with one attached hydrogen (secondary N) is 1. The Morgan fingerprint density at radius 2 is 1.80 bits per heavy atom. The summed E-state index contributed by atoms with van der Waals surface area (Å²) in [6.07, 6.45) is 4.44. The SMILES string of the molecule is Cc1cc(C2CC2)cnc1N1CCN(C(=O)c2ccc(N3C(=O)[NH+](C)C(=O)C3(C)C)cc2F)CC1. The van der Waals surface area contributed by atoms with E-state index in [-0.39, 0.29) is 28.0 Å². The second-order valence-corrected chi connectivity index (χ2v) is 10.3. The predicted octanol–water partition coefficient (Wildman–Crippen LogP) is 2.13. The van der Waals surface area contributed by atoms with E-state index in [1.807, 2.05) is 6.20 Å². The summed E-state index contributed by atoms with van der Waals surface area (Å²) in [6.45, 7) is 7.51. The lowest BCUT2D eigenvalue weighted by molar-refractivity contribution is -0.700.